The van der Waals surface area contributed by atoms with Gasteiger partial charge in [0.15, 0.2) is 11.7 Å². The summed E-state index contributed by atoms with van der Waals surface area (Å²) in [5, 5.41) is 11.1. The molecule has 0 spiro atoms. The van der Waals surface area contributed by atoms with Gasteiger partial charge in [-0.3, -0.25) is 4.99 Å². The summed E-state index contributed by atoms with van der Waals surface area (Å²) in [7, 11) is 1.73. The molecule has 0 amide bonds. The second-order valence-electron chi connectivity index (χ2n) is 5.64. The third-order valence-corrected chi connectivity index (χ3v) is 4.00. The van der Waals surface area contributed by atoms with Crippen molar-refractivity contribution in [3.63, 3.8) is 0 Å². The fourth-order valence-corrected chi connectivity index (χ4v) is 2.52. The van der Waals surface area contributed by atoms with Crippen molar-refractivity contribution in [2.75, 3.05) is 13.6 Å². The third kappa shape index (κ3) is 5.07. The molecule has 0 bridgehead atoms. The molecule has 6 nitrogen and oxygen atoms in total. The quantitative estimate of drug-likeness (QED) is 0.396. The Labute approximate surface area is 157 Å². The second-order valence-corrected chi connectivity index (χ2v) is 6.03. The van der Waals surface area contributed by atoms with Crippen LogP contribution < -0.4 is 10.6 Å². The first-order valence-electron chi connectivity index (χ1n) is 8.30. The van der Waals surface area contributed by atoms with E-state index in [4.69, 9.17) is 16.1 Å². The molecule has 0 saturated carbocycles. The molecule has 3 aromatic rings. The lowest BCUT2D eigenvalue weighted by Gasteiger charge is -2.10. The zero-order valence-corrected chi connectivity index (χ0v) is 15.2. The molecule has 2 heterocycles. The van der Waals surface area contributed by atoms with Gasteiger partial charge in [0.1, 0.15) is 10.8 Å². The molecule has 2 aromatic heterocycles. The summed E-state index contributed by atoms with van der Waals surface area (Å²) < 4.78 is 5.40. The standard InChI is InChI=1S/C19H20ClN5O/c1-21-19(22-10-9-14-7-8-18(20)23-12-14)24-13-16-11-17(26-25-16)15-5-3-2-4-6-15/h2-8,11-12H,9-10,13H2,1H3,(H2,21,22,24). The minimum Gasteiger partial charge on any atom is -0.356 e. The van der Waals surface area contributed by atoms with Crippen molar-refractivity contribution in [2.24, 2.45) is 4.99 Å². The maximum atomic E-state index is 5.79. The van der Waals surface area contributed by atoms with Gasteiger partial charge in [-0.1, -0.05) is 53.2 Å². The van der Waals surface area contributed by atoms with Crippen LogP contribution in [0.2, 0.25) is 5.15 Å². The number of hydrogen-bond acceptors (Lipinski definition) is 4. The van der Waals surface area contributed by atoms with Gasteiger partial charge in [0.2, 0.25) is 0 Å². The predicted octanol–water partition coefficient (Wildman–Crippen LogP) is 3.30. The lowest BCUT2D eigenvalue weighted by Crippen LogP contribution is -2.37. The summed E-state index contributed by atoms with van der Waals surface area (Å²) in [5.74, 6) is 1.46. The Morgan fingerprint density at radius 3 is 2.73 bits per heavy atom. The van der Waals surface area contributed by atoms with Crippen LogP contribution in [0.5, 0.6) is 0 Å². The zero-order valence-electron chi connectivity index (χ0n) is 14.4. The molecule has 2 N–H and O–H groups in total. The molecule has 26 heavy (non-hydrogen) atoms. The van der Waals surface area contributed by atoms with Gasteiger partial charge in [-0.2, -0.15) is 0 Å². The summed E-state index contributed by atoms with van der Waals surface area (Å²) >= 11 is 5.79. The predicted molar refractivity (Wildman–Crippen MR) is 103 cm³/mol. The van der Waals surface area contributed by atoms with E-state index in [1.165, 1.54) is 0 Å². The topological polar surface area (TPSA) is 75.3 Å². The van der Waals surface area contributed by atoms with Crippen LogP contribution >= 0.6 is 11.6 Å². The summed E-state index contributed by atoms with van der Waals surface area (Å²) in [6.07, 6.45) is 2.60. The van der Waals surface area contributed by atoms with Gasteiger partial charge in [-0.15, -0.1) is 0 Å². The highest BCUT2D eigenvalue weighted by Gasteiger charge is 2.07. The summed E-state index contributed by atoms with van der Waals surface area (Å²) in [6, 6.07) is 15.6. The molecular weight excluding hydrogens is 350 g/mol. The van der Waals surface area contributed by atoms with Crippen molar-refractivity contribution in [3.05, 3.63) is 71.1 Å². The van der Waals surface area contributed by atoms with E-state index in [1.54, 1.807) is 19.3 Å². The van der Waals surface area contributed by atoms with E-state index in [2.05, 4.69) is 25.8 Å². The molecule has 134 valence electrons. The van der Waals surface area contributed by atoms with Crippen LogP contribution in [0.4, 0.5) is 0 Å². The maximum absolute atomic E-state index is 5.79. The van der Waals surface area contributed by atoms with E-state index in [-0.39, 0.29) is 0 Å². The van der Waals surface area contributed by atoms with Crippen molar-refractivity contribution in [1.82, 2.24) is 20.8 Å². The lowest BCUT2D eigenvalue weighted by molar-refractivity contribution is 0.422. The van der Waals surface area contributed by atoms with Crippen LogP contribution in [-0.4, -0.2) is 29.7 Å². The molecule has 0 saturated heterocycles. The van der Waals surface area contributed by atoms with E-state index >= 15 is 0 Å². The minimum absolute atomic E-state index is 0.502. The second kappa shape index (κ2) is 9.01. The Balaban J connectivity index is 1.47. The van der Waals surface area contributed by atoms with Crippen LogP contribution in [0.25, 0.3) is 11.3 Å². The number of rotatable bonds is 6. The van der Waals surface area contributed by atoms with Gasteiger partial charge >= 0.3 is 0 Å². The van der Waals surface area contributed by atoms with Crippen LogP contribution in [0.1, 0.15) is 11.3 Å². The Morgan fingerprint density at radius 1 is 1.15 bits per heavy atom. The molecule has 0 aliphatic rings. The number of guanidine groups is 1. The third-order valence-electron chi connectivity index (χ3n) is 3.77. The SMILES string of the molecule is CN=C(NCCc1ccc(Cl)nc1)NCc1cc(-c2ccccc2)on1. The van der Waals surface area contributed by atoms with Gasteiger partial charge in [0.05, 0.1) is 6.54 Å². The van der Waals surface area contributed by atoms with E-state index in [0.717, 1.165) is 35.5 Å². The molecule has 0 atom stereocenters. The number of benzene rings is 1. The van der Waals surface area contributed by atoms with Crippen LogP contribution in [0, 0.1) is 0 Å². The van der Waals surface area contributed by atoms with Crippen molar-refractivity contribution in [3.8, 4) is 11.3 Å². The molecule has 3 rings (SSSR count). The van der Waals surface area contributed by atoms with Crippen molar-refractivity contribution in [1.29, 1.82) is 0 Å². The number of nitrogens with one attached hydrogen (secondary N) is 2. The first-order valence-corrected chi connectivity index (χ1v) is 8.68. The molecule has 0 fully saturated rings. The smallest absolute Gasteiger partial charge is 0.191 e. The molecule has 0 aliphatic carbocycles. The average Bonchev–Trinajstić information content (AvgIpc) is 3.16. The highest BCUT2D eigenvalue weighted by Crippen LogP contribution is 2.19. The van der Waals surface area contributed by atoms with Crippen LogP contribution in [0.3, 0.4) is 0 Å². The number of hydrogen-bond donors (Lipinski definition) is 2. The van der Waals surface area contributed by atoms with E-state index in [9.17, 15) is 0 Å². The Hall–Kier alpha value is -2.86. The first-order chi connectivity index (χ1) is 12.7. The molecule has 0 aliphatic heterocycles. The Kier molecular flexibility index (Phi) is 6.22. The summed E-state index contributed by atoms with van der Waals surface area (Å²) in [6.45, 7) is 1.26. The van der Waals surface area contributed by atoms with Crippen LogP contribution in [-0.2, 0) is 13.0 Å². The zero-order chi connectivity index (χ0) is 18.2. The Bertz CT molecular complexity index is 846. The highest BCUT2D eigenvalue weighted by molar-refractivity contribution is 6.29. The van der Waals surface area contributed by atoms with E-state index < -0.39 is 0 Å². The van der Waals surface area contributed by atoms with Crippen molar-refractivity contribution >= 4 is 17.6 Å². The van der Waals surface area contributed by atoms with Gasteiger partial charge < -0.3 is 15.2 Å². The highest BCUT2D eigenvalue weighted by atomic mass is 35.5. The van der Waals surface area contributed by atoms with Crippen LogP contribution in [0.15, 0.2) is 64.2 Å². The molecule has 1 aromatic carbocycles. The number of halogens is 1. The molecule has 7 heteroatoms. The first kappa shape index (κ1) is 17.9. The molecule has 0 unspecified atom stereocenters. The fraction of sp³-hybridized carbons (Fsp3) is 0.211. The average molecular weight is 370 g/mol. The monoisotopic (exact) mass is 369 g/mol. The van der Waals surface area contributed by atoms with Gasteiger partial charge in [0, 0.05) is 31.4 Å². The van der Waals surface area contributed by atoms with Gasteiger partial charge in [0.25, 0.3) is 0 Å². The number of aromatic nitrogens is 2. The fourth-order valence-electron chi connectivity index (χ4n) is 2.41. The minimum atomic E-state index is 0.502. The Morgan fingerprint density at radius 2 is 2.00 bits per heavy atom. The number of pyridine rings is 1. The van der Waals surface area contributed by atoms with Gasteiger partial charge in [-0.05, 0) is 18.1 Å². The molecular formula is C19H20ClN5O. The van der Waals surface area contributed by atoms with Gasteiger partial charge in [-0.25, -0.2) is 4.98 Å². The number of aliphatic imine (C=N–C) groups is 1. The summed E-state index contributed by atoms with van der Waals surface area (Å²) in [5.41, 5.74) is 2.93. The molecule has 0 radical (unpaired) electrons. The van der Waals surface area contributed by atoms with Crippen molar-refractivity contribution < 1.29 is 4.52 Å². The largest absolute Gasteiger partial charge is 0.356 e. The van der Waals surface area contributed by atoms with E-state index in [1.807, 2.05) is 42.5 Å². The lowest BCUT2D eigenvalue weighted by atomic mass is 10.2. The maximum Gasteiger partial charge on any atom is 0.191 e. The van der Waals surface area contributed by atoms with Crippen molar-refractivity contribution in [2.45, 2.75) is 13.0 Å². The normalized spacial score (nSPS) is 11.4. The van der Waals surface area contributed by atoms with E-state index in [0.29, 0.717) is 17.7 Å². The number of nitrogens with zero attached hydrogens (tertiary/aromatic N) is 3. The summed E-state index contributed by atoms with van der Waals surface area (Å²) in [4.78, 5) is 8.29.